The van der Waals surface area contributed by atoms with Crippen molar-refractivity contribution in [2.75, 3.05) is 0 Å². The maximum absolute atomic E-state index is 10.5. The Bertz CT molecular complexity index is 159. The molecule has 1 N–H and O–H groups in total. The number of amides is 1. The van der Waals surface area contributed by atoms with Crippen molar-refractivity contribution in [3.05, 3.63) is 0 Å². The van der Waals surface area contributed by atoms with E-state index in [0.29, 0.717) is 12.8 Å². The van der Waals surface area contributed by atoms with Gasteiger partial charge in [0.2, 0.25) is 5.91 Å². The number of ketones is 1. The predicted molar refractivity (Wildman–Crippen MR) is 46.5 cm³/mol. The molecule has 1 amide bonds. The van der Waals surface area contributed by atoms with Gasteiger partial charge in [0.05, 0.1) is 5.37 Å². The predicted octanol–water partition coefficient (Wildman–Crippen LogP) is 0.748. The van der Waals surface area contributed by atoms with Crippen LogP contribution in [-0.4, -0.2) is 17.1 Å². The average Bonchev–Trinajstić information content (AvgIpc) is 1.82. The summed E-state index contributed by atoms with van der Waals surface area (Å²) in [5.41, 5.74) is 0. The van der Waals surface area contributed by atoms with E-state index in [-0.39, 0.29) is 17.1 Å². The molecule has 0 aromatic heterocycles. The molecule has 0 rings (SSSR count). The van der Waals surface area contributed by atoms with Gasteiger partial charge in [0.15, 0.2) is 0 Å². The van der Waals surface area contributed by atoms with Gasteiger partial charge in [-0.15, -0.1) is 0 Å². The number of carbonyl (C=O) groups is 2. The molecule has 0 aliphatic carbocycles. The Morgan fingerprint density at radius 1 is 1.45 bits per heavy atom. The molecule has 0 aromatic carbocycles. The lowest BCUT2D eigenvalue weighted by Gasteiger charge is -2.09. The third-order valence-electron chi connectivity index (χ3n) is 1.14. The zero-order chi connectivity index (χ0) is 8.85. The molecule has 0 saturated heterocycles. The second kappa shape index (κ2) is 5.18. The number of hydrogen-bond acceptors (Lipinski definition) is 3. The SMILES string of the molecule is CC(=O)CCC(S)NC(C)=O. The number of hydrogen-bond donors (Lipinski definition) is 2. The van der Waals surface area contributed by atoms with E-state index in [1.54, 1.807) is 0 Å². The molecule has 0 heterocycles. The van der Waals surface area contributed by atoms with Gasteiger partial charge in [-0.3, -0.25) is 4.79 Å². The zero-order valence-corrected chi connectivity index (χ0v) is 7.65. The summed E-state index contributed by atoms with van der Waals surface area (Å²) in [6.07, 6.45) is 1.06. The molecule has 3 nitrogen and oxygen atoms in total. The first-order chi connectivity index (χ1) is 5.02. The van der Waals surface area contributed by atoms with Crippen LogP contribution in [0.15, 0.2) is 0 Å². The van der Waals surface area contributed by atoms with Crippen molar-refractivity contribution in [2.24, 2.45) is 0 Å². The third-order valence-corrected chi connectivity index (χ3v) is 1.53. The van der Waals surface area contributed by atoms with Crippen LogP contribution in [0.1, 0.15) is 26.7 Å². The van der Waals surface area contributed by atoms with Gasteiger partial charge in [-0.25, -0.2) is 0 Å². The molecule has 0 aliphatic heterocycles. The van der Waals surface area contributed by atoms with Crippen LogP contribution in [0.25, 0.3) is 0 Å². The highest BCUT2D eigenvalue weighted by molar-refractivity contribution is 7.80. The lowest BCUT2D eigenvalue weighted by Crippen LogP contribution is -2.28. The molecule has 1 unspecified atom stereocenters. The molecule has 0 bridgehead atoms. The summed E-state index contributed by atoms with van der Waals surface area (Å²) in [4.78, 5) is 20.9. The standard InChI is InChI=1S/C7H13NO2S/c1-5(9)3-4-7(11)8-6(2)10/h7,11H,3-4H2,1-2H3,(H,8,10). The molecule has 0 aliphatic rings. The lowest BCUT2D eigenvalue weighted by atomic mass is 10.2. The second-order valence-corrected chi connectivity index (χ2v) is 3.08. The van der Waals surface area contributed by atoms with Crippen molar-refractivity contribution in [3.63, 3.8) is 0 Å². The lowest BCUT2D eigenvalue weighted by molar-refractivity contribution is -0.120. The highest BCUT2D eigenvalue weighted by Crippen LogP contribution is 2.01. The van der Waals surface area contributed by atoms with Gasteiger partial charge >= 0.3 is 0 Å². The van der Waals surface area contributed by atoms with Crippen molar-refractivity contribution in [2.45, 2.75) is 32.1 Å². The van der Waals surface area contributed by atoms with Gasteiger partial charge in [-0.2, -0.15) is 12.6 Å². The van der Waals surface area contributed by atoms with Crippen molar-refractivity contribution in [3.8, 4) is 0 Å². The first-order valence-corrected chi connectivity index (χ1v) is 3.98. The Hall–Kier alpha value is -0.510. The van der Waals surface area contributed by atoms with E-state index in [1.807, 2.05) is 0 Å². The number of carbonyl (C=O) groups excluding carboxylic acids is 2. The van der Waals surface area contributed by atoms with Crippen molar-refractivity contribution in [1.82, 2.24) is 5.32 Å². The Kier molecular flexibility index (Phi) is 4.94. The minimum atomic E-state index is -0.198. The average molecular weight is 175 g/mol. The van der Waals surface area contributed by atoms with E-state index in [0.717, 1.165) is 0 Å². The van der Waals surface area contributed by atoms with E-state index in [4.69, 9.17) is 0 Å². The number of thiol groups is 1. The van der Waals surface area contributed by atoms with Gasteiger partial charge in [-0.1, -0.05) is 0 Å². The monoisotopic (exact) mass is 175 g/mol. The van der Waals surface area contributed by atoms with Crippen molar-refractivity contribution < 1.29 is 9.59 Å². The molecule has 1 atom stereocenters. The van der Waals surface area contributed by atoms with Gasteiger partial charge in [-0.05, 0) is 13.3 Å². The molecular weight excluding hydrogens is 162 g/mol. The number of Topliss-reactive ketones (excluding diaryl/α,β-unsaturated/α-hetero) is 1. The molecule has 64 valence electrons. The van der Waals surface area contributed by atoms with Crippen molar-refractivity contribution in [1.29, 1.82) is 0 Å². The fourth-order valence-electron chi connectivity index (χ4n) is 0.647. The van der Waals surface area contributed by atoms with Gasteiger partial charge < -0.3 is 10.1 Å². The van der Waals surface area contributed by atoms with Gasteiger partial charge in [0, 0.05) is 13.3 Å². The van der Waals surface area contributed by atoms with E-state index >= 15 is 0 Å². The zero-order valence-electron chi connectivity index (χ0n) is 6.76. The fourth-order valence-corrected chi connectivity index (χ4v) is 0.958. The summed E-state index contributed by atoms with van der Waals surface area (Å²) in [7, 11) is 0. The number of rotatable bonds is 4. The van der Waals surface area contributed by atoms with E-state index in [2.05, 4.69) is 17.9 Å². The van der Waals surface area contributed by atoms with Crippen LogP contribution in [0.3, 0.4) is 0 Å². The van der Waals surface area contributed by atoms with Crippen LogP contribution in [0.5, 0.6) is 0 Å². The van der Waals surface area contributed by atoms with Gasteiger partial charge in [0.1, 0.15) is 5.78 Å². The summed E-state index contributed by atoms with van der Waals surface area (Å²) in [6.45, 7) is 2.95. The smallest absolute Gasteiger partial charge is 0.217 e. The topological polar surface area (TPSA) is 46.2 Å². The van der Waals surface area contributed by atoms with Crippen LogP contribution >= 0.6 is 12.6 Å². The summed E-state index contributed by atoms with van der Waals surface area (Å²) >= 11 is 4.06. The normalized spacial score (nSPS) is 12.3. The maximum Gasteiger partial charge on any atom is 0.217 e. The Labute approximate surface area is 72.0 Å². The Morgan fingerprint density at radius 2 is 2.00 bits per heavy atom. The summed E-state index contributed by atoms with van der Waals surface area (Å²) in [5, 5.41) is 2.37. The highest BCUT2D eigenvalue weighted by atomic mass is 32.1. The third kappa shape index (κ3) is 7.39. The van der Waals surface area contributed by atoms with E-state index < -0.39 is 0 Å². The minimum Gasteiger partial charge on any atom is -0.345 e. The summed E-state index contributed by atoms with van der Waals surface area (Å²) in [6, 6.07) is 0. The van der Waals surface area contributed by atoms with Crippen LogP contribution in [0, 0.1) is 0 Å². The molecule has 0 fully saturated rings. The minimum absolute atomic E-state index is 0.117. The molecular formula is C7H13NO2S. The molecule has 0 saturated carbocycles. The van der Waals surface area contributed by atoms with Crippen LogP contribution < -0.4 is 5.32 Å². The van der Waals surface area contributed by atoms with Crippen molar-refractivity contribution >= 4 is 24.3 Å². The second-order valence-electron chi connectivity index (χ2n) is 2.46. The largest absolute Gasteiger partial charge is 0.345 e. The van der Waals surface area contributed by atoms with E-state index in [9.17, 15) is 9.59 Å². The molecule has 4 heteroatoms. The molecule has 0 spiro atoms. The quantitative estimate of drug-likeness (QED) is 0.489. The van der Waals surface area contributed by atoms with Gasteiger partial charge in [0.25, 0.3) is 0 Å². The summed E-state index contributed by atoms with van der Waals surface area (Å²) < 4.78 is 0. The summed E-state index contributed by atoms with van der Waals surface area (Å²) in [5.74, 6) is 0.00274. The van der Waals surface area contributed by atoms with Crippen LogP contribution in [0.2, 0.25) is 0 Å². The first kappa shape index (κ1) is 10.5. The first-order valence-electron chi connectivity index (χ1n) is 3.47. The Morgan fingerprint density at radius 3 is 2.36 bits per heavy atom. The van der Waals surface area contributed by atoms with Crippen LogP contribution in [0.4, 0.5) is 0 Å². The molecule has 11 heavy (non-hydrogen) atoms. The maximum atomic E-state index is 10.5. The molecule has 0 radical (unpaired) electrons. The molecule has 0 aromatic rings. The van der Waals surface area contributed by atoms with E-state index in [1.165, 1.54) is 13.8 Å². The highest BCUT2D eigenvalue weighted by Gasteiger charge is 2.04. The fraction of sp³-hybridized carbons (Fsp3) is 0.714. The Balaban J connectivity index is 3.44. The number of nitrogens with one attached hydrogen (secondary N) is 1. The van der Waals surface area contributed by atoms with Crippen LogP contribution in [-0.2, 0) is 9.59 Å².